The molecule has 1 aromatic rings. The van der Waals surface area contributed by atoms with Gasteiger partial charge in [0.15, 0.2) is 5.11 Å². The summed E-state index contributed by atoms with van der Waals surface area (Å²) < 4.78 is 4.60. The number of piperidine rings is 1. The molecule has 1 aliphatic heterocycles. The minimum Gasteiger partial charge on any atom is -0.469 e. The zero-order valence-electron chi connectivity index (χ0n) is 14.5. The molecule has 136 valence electrons. The molecule has 0 saturated carbocycles. The van der Waals surface area contributed by atoms with E-state index in [0.717, 1.165) is 31.6 Å². The number of nitrogens with zero attached hydrogens (tertiary/aromatic N) is 1. The highest BCUT2D eigenvalue weighted by molar-refractivity contribution is 7.80. The second-order valence-electron chi connectivity index (χ2n) is 6.03. The molecule has 25 heavy (non-hydrogen) atoms. The molecule has 0 atom stereocenters. The maximum atomic E-state index is 12.3. The Morgan fingerprint density at radius 1 is 1.24 bits per heavy atom. The molecular weight excluding hydrogens is 338 g/mol. The number of carbonyl (C=O) groups excluding carboxylic acids is 2. The number of rotatable bonds is 6. The predicted molar refractivity (Wildman–Crippen MR) is 101 cm³/mol. The summed E-state index contributed by atoms with van der Waals surface area (Å²) in [6, 6.07) is 9.51. The predicted octanol–water partition coefficient (Wildman–Crippen LogP) is 2.16. The van der Waals surface area contributed by atoms with Crippen LogP contribution in [0.3, 0.4) is 0 Å². The standard InChI is InChI=1S/C18H25N3O3S/c1-24-16(22)8-5-11-19-18(25)21-12-9-14(10-13-21)17(23)20-15-6-3-2-4-7-15/h2-4,6-7,14H,5,8-13H2,1H3,(H,19,25)(H,20,23). The van der Waals surface area contributed by atoms with Crippen LogP contribution < -0.4 is 10.6 Å². The van der Waals surface area contributed by atoms with Gasteiger partial charge < -0.3 is 20.3 Å². The minimum atomic E-state index is -0.210. The Hall–Kier alpha value is -2.15. The minimum absolute atomic E-state index is 0.0126. The fourth-order valence-electron chi connectivity index (χ4n) is 2.75. The van der Waals surface area contributed by atoms with Gasteiger partial charge in [0.1, 0.15) is 0 Å². The quantitative estimate of drug-likeness (QED) is 0.459. The Kier molecular flexibility index (Phi) is 7.66. The first kappa shape index (κ1) is 19.2. The monoisotopic (exact) mass is 363 g/mol. The number of hydrogen-bond donors (Lipinski definition) is 2. The van der Waals surface area contributed by atoms with Gasteiger partial charge in [-0.05, 0) is 43.6 Å². The highest BCUT2D eigenvalue weighted by Crippen LogP contribution is 2.19. The molecule has 0 bridgehead atoms. The number of amides is 1. The molecular formula is C18H25N3O3S. The second-order valence-corrected chi connectivity index (χ2v) is 6.41. The molecule has 1 fully saturated rings. The lowest BCUT2D eigenvalue weighted by Gasteiger charge is -2.33. The lowest BCUT2D eigenvalue weighted by molar-refractivity contribution is -0.140. The van der Waals surface area contributed by atoms with Gasteiger partial charge in [-0.3, -0.25) is 9.59 Å². The van der Waals surface area contributed by atoms with E-state index in [-0.39, 0.29) is 17.8 Å². The first-order valence-electron chi connectivity index (χ1n) is 8.55. The number of carbonyl (C=O) groups is 2. The highest BCUT2D eigenvalue weighted by Gasteiger charge is 2.26. The van der Waals surface area contributed by atoms with Crippen LogP contribution in [-0.2, 0) is 14.3 Å². The van der Waals surface area contributed by atoms with Crippen molar-refractivity contribution in [2.24, 2.45) is 5.92 Å². The molecule has 7 heteroatoms. The molecule has 2 rings (SSSR count). The average Bonchev–Trinajstić information content (AvgIpc) is 2.65. The lowest BCUT2D eigenvalue weighted by atomic mass is 9.96. The molecule has 6 nitrogen and oxygen atoms in total. The zero-order chi connectivity index (χ0) is 18.1. The number of para-hydroxylation sites is 1. The maximum absolute atomic E-state index is 12.3. The SMILES string of the molecule is COC(=O)CCCNC(=S)N1CCC(C(=O)Nc2ccccc2)CC1. The summed E-state index contributed by atoms with van der Waals surface area (Å²) in [4.78, 5) is 25.5. The van der Waals surface area contributed by atoms with E-state index in [1.54, 1.807) is 0 Å². The van der Waals surface area contributed by atoms with Crippen LogP contribution >= 0.6 is 12.2 Å². The molecule has 0 aromatic heterocycles. The third-order valence-electron chi connectivity index (χ3n) is 4.26. The van der Waals surface area contributed by atoms with Crippen molar-refractivity contribution in [2.45, 2.75) is 25.7 Å². The van der Waals surface area contributed by atoms with Crippen LogP contribution in [0, 0.1) is 5.92 Å². The Bertz CT molecular complexity index is 586. The van der Waals surface area contributed by atoms with Crippen molar-refractivity contribution in [3.8, 4) is 0 Å². The smallest absolute Gasteiger partial charge is 0.305 e. The summed E-state index contributed by atoms with van der Waals surface area (Å²) >= 11 is 5.39. The number of likely N-dealkylation sites (tertiary alicyclic amines) is 1. The Balaban J connectivity index is 1.67. The van der Waals surface area contributed by atoms with Crippen molar-refractivity contribution >= 4 is 34.9 Å². The number of thiocarbonyl (C=S) groups is 1. The molecule has 0 unspecified atom stereocenters. The maximum Gasteiger partial charge on any atom is 0.305 e. The molecule has 1 aliphatic rings. The molecule has 1 saturated heterocycles. The van der Waals surface area contributed by atoms with Gasteiger partial charge in [-0.1, -0.05) is 18.2 Å². The van der Waals surface area contributed by atoms with E-state index in [0.29, 0.717) is 24.5 Å². The van der Waals surface area contributed by atoms with Crippen LogP contribution in [-0.4, -0.2) is 48.6 Å². The normalized spacial score (nSPS) is 14.7. The van der Waals surface area contributed by atoms with E-state index >= 15 is 0 Å². The molecule has 1 aromatic carbocycles. The summed E-state index contributed by atoms with van der Waals surface area (Å²) in [5.41, 5.74) is 0.831. The summed E-state index contributed by atoms with van der Waals surface area (Å²) in [6.45, 7) is 2.16. The van der Waals surface area contributed by atoms with E-state index in [1.165, 1.54) is 7.11 Å². The van der Waals surface area contributed by atoms with E-state index in [1.807, 2.05) is 30.3 Å². The topological polar surface area (TPSA) is 70.7 Å². The van der Waals surface area contributed by atoms with Gasteiger partial charge in [0.2, 0.25) is 5.91 Å². The van der Waals surface area contributed by atoms with Crippen molar-refractivity contribution in [1.29, 1.82) is 0 Å². The summed E-state index contributed by atoms with van der Waals surface area (Å²) in [7, 11) is 1.39. The van der Waals surface area contributed by atoms with Gasteiger partial charge in [-0.25, -0.2) is 0 Å². The van der Waals surface area contributed by atoms with Crippen molar-refractivity contribution in [2.75, 3.05) is 32.1 Å². The summed E-state index contributed by atoms with van der Waals surface area (Å²) in [5.74, 6) is -0.126. The third kappa shape index (κ3) is 6.34. The van der Waals surface area contributed by atoms with Gasteiger partial charge in [-0.15, -0.1) is 0 Å². The van der Waals surface area contributed by atoms with E-state index in [2.05, 4.69) is 20.3 Å². The largest absolute Gasteiger partial charge is 0.469 e. The number of esters is 1. The van der Waals surface area contributed by atoms with Crippen LogP contribution in [0.2, 0.25) is 0 Å². The van der Waals surface area contributed by atoms with Gasteiger partial charge >= 0.3 is 5.97 Å². The number of anilines is 1. The van der Waals surface area contributed by atoms with Crippen LogP contribution in [0.5, 0.6) is 0 Å². The van der Waals surface area contributed by atoms with Crippen molar-refractivity contribution < 1.29 is 14.3 Å². The Morgan fingerprint density at radius 3 is 2.56 bits per heavy atom. The van der Waals surface area contributed by atoms with E-state index in [4.69, 9.17) is 12.2 Å². The van der Waals surface area contributed by atoms with Crippen LogP contribution in [0.1, 0.15) is 25.7 Å². The fourth-order valence-corrected chi connectivity index (χ4v) is 3.04. The van der Waals surface area contributed by atoms with Crippen molar-refractivity contribution in [3.63, 3.8) is 0 Å². The van der Waals surface area contributed by atoms with Gasteiger partial charge in [0.25, 0.3) is 0 Å². The molecule has 0 spiro atoms. The lowest BCUT2D eigenvalue weighted by Crippen LogP contribution is -2.46. The van der Waals surface area contributed by atoms with Crippen LogP contribution in [0.25, 0.3) is 0 Å². The number of nitrogens with one attached hydrogen (secondary N) is 2. The molecule has 0 radical (unpaired) electrons. The van der Waals surface area contributed by atoms with Gasteiger partial charge in [0.05, 0.1) is 7.11 Å². The van der Waals surface area contributed by atoms with Gasteiger partial charge in [-0.2, -0.15) is 0 Å². The van der Waals surface area contributed by atoms with Crippen molar-refractivity contribution in [1.82, 2.24) is 10.2 Å². The number of ether oxygens (including phenoxy) is 1. The fraction of sp³-hybridized carbons (Fsp3) is 0.500. The summed E-state index contributed by atoms with van der Waals surface area (Å²) in [6.07, 6.45) is 2.63. The molecule has 1 heterocycles. The van der Waals surface area contributed by atoms with Crippen LogP contribution in [0.15, 0.2) is 30.3 Å². The van der Waals surface area contributed by atoms with Gasteiger partial charge in [0, 0.05) is 37.7 Å². The Labute approximate surface area is 153 Å². The summed E-state index contributed by atoms with van der Waals surface area (Å²) in [5, 5.41) is 6.82. The first-order chi connectivity index (χ1) is 12.1. The highest BCUT2D eigenvalue weighted by atomic mass is 32.1. The third-order valence-corrected chi connectivity index (χ3v) is 4.66. The van der Waals surface area contributed by atoms with Crippen LogP contribution in [0.4, 0.5) is 5.69 Å². The first-order valence-corrected chi connectivity index (χ1v) is 8.96. The average molecular weight is 363 g/mol. The molecule has 2 N–H and O–H groups in total. The number of hydrogen-bond acceptors (Lipinski definition) is 4. The van der Waals surface area contributed by atoms with E-state index < -0.39 is 0 Å². The Morgan fingerprint density at radius 2 is 1.92 bits per heavy atom. The molecule has 1 amide bonds. The molecule has 0 aliphatic carbocycles. The number of methoxy groups -OCH3 is 1. The zero-order valence-corrected chi connectivity index (χ0v) is 15.3. The van der Waals surface area contributed by atoms with E-state index in [9.17, 15) is 9.59 Å². The number of benzene rings is 1. The van der Waals surface area contributed by atoms with Crippen molar-refractivity contribution in [3.05, 3.63) is 30.3 Å². The second kappa shape index (κ2) is 9.98.